The molecule has 0 aliphatic carbocycles. The standard InChI is InChI=1S/C21H24N4O6S/c1-13-21(14(2)31-22-13)32(28,29)23-17-18(20(27)19(17)26)25-10-8-24(9-11-25)12-15-4-6-16(30-3)7-5-15/h4-7,23H,8-12H2,1-3H3. The zero-order valence-electron chi connectivity index (χ0n) is 18.0. The van der Waals surface area contributed by atoms with Gasteiger partial charge in [-0.25, -0.2) is 8.42 Å². The third-order valence-corrected chi connectivity index (χ3v) is 7.21. The van der Waals surface area contributed by atoms with Crippen LogP contribution in [0.4, 0.5) is 11.4 Å². The Bertz CT molecular complexity index is 1280. The van der Waals surface area contributed by atoms with Crippen LogP contribution in [0.2, 0.25) is 0 Å². The van der Waals surface area contributed by atoms with Crippen LogP contribution in [0.3, 0.4) is 0 Å². The second-order valence-corrected chi connectivity index (χ2v) is 9.37. The molecule has 1 aliphatic heterocycles. The Morgan fingerprint density at radius 2 is 1.72 bits per heavy atom. The Balaban J connectivity index is 1.45. The highest BCUT2D eigenvalue weighted by molar-refractivity contribution is 7.92. The van der Waals surface area contributed by atoms with Gasteiger partial charge >= 0.3 is 0 Å². The number of rotatable bonds is 7. The van der Waals surface area contributed by atoms with Crippen molar-refractivity contribution in [3.63, 3.8) is 0 Å². The van der Waals surface area contributed by atoms with Gasteiger partial charge in [-0.05, 0) is 31.5 Å². The van der Waals surface area contributed by atoms with Gasteiger partial charge in [-0.1, -0.05) is 17.3 Å². The van der Waals surface area contributed by atoms with E-state index in [-0.39, 0.29) is 27.7 Å². The van der Waals surface area contributed by atoms with Crippen LogP contribution in [0.25, 0.3) is 0 Å². The van der Waals surface area contributed by atoms with Crippen LogP contribution < -0.4 is 25.2 Å². The zero-order valence-corrected chi connectivity index (χ0v) is 18.9. The molecule has 32 heavy (non-hydrogen) atoms. The van der Waals surface area contributed by atoms with Crippen LogP contribution in [0.15, 0.2) is 43.3 Å². The first-order valence-electron chi connectivity index (χ1n) is 10.1. The van der Waals surface area contributed by atoms with Crippen LogP contribution >= 0.6 is 0 Å². The maximum absolute atomic E-state index is 12.8. The average molecular weight is 461 g/mol. The number of nitrogens with zero attached hydrogens (tertiary/aromatic N) is 3. The van der Waals surface area contributed by atoms with Crippen LogP contribution in [0, 0.1) is 13.8 Å². The summed E-state index contributed by atoms with van der Waals surface area (Å²) in [5, 5.41) is 3.64. The molecule has 0 unspecified atom stereocenters. The third kappa shape index (κ3) is 4.00. The largest absolute Gasteiger partial charge is 0.497 e. The smallest absolute Gasteiger partial charge is 0.267 e. The first-order chi connectivity index (χ1) is 15.2. The Labute approximate surface area is 185 Å². The number of aromatic nitrogens is 1. The highest BCUT2D eigenvalue weighted by Crippen LogP contribution is 2.27. The van der Waals surface area contributed by atoms with Crippen molar-refractivity contribution >= 4 is 21.4 Å². The van der Waals surface area contributed by atoms with E-state index in [1.807, 2.05) is 24.3 Å². The lowest BCUT2D eigenvalue weighted by Crippen LogP contribution is -2.51. The third-order valence-electron chi connectivity index (χ3n) is 5.61. The van der Waals surface area contributed by atoms with Crippen molar-refractivity contribution in [1.82, 2.24) is 10.1 Å². The first-order valence-corrected chi connectivity index (χ1v) is 11.6. The highest BCUT2D eigenvalue weighted by Gasteiger charge is 2.33. The van der Waals surface area contributed by atoms with E-state index in [2.05, 4.69) is 14.8 Å². The Morgan fingerprint density at radius 1 is 1.06 bits per heavy atom. The quantitative estimate of drug-likeness (QED) is 0.515. The number of aryl methyl sites for hydroxylation is 2. The highest BCUT2D eigenvalue weighted by atomic mass is 32.2. The number of sulfonamides is 1. The second-order valence-electron chi connectivity index (χ2n) is 7.75. The minimum atomic E-state index is -4.11. The summed E-state index contributed by atoms with van der Waals surface area (Å²) in [7, 11) is -2.48. The van der Waals surface area contributed by atoms with Crippen LogP contribution in [-0.4, -0.2) is 51.8 Å². The molecule has 3 aromatic rings. The van der Waals surface area contributed by atoms with Crippen LogP contribution in [-0.2, 0) is 16.6 Å². The second kappa shape index (κ2) is 8.40. The lowest BCUT2D eigenvalue weighted by molar-refractivity contribution is 0.249. The van der Waals surface area contributed by atoms with E-state index in [1.54, 1.807) is 12.0 Å². The fraction of sp³-hybridized carbons (Fsp3) is 0.381. The van der Waals surface area contributed by atoms with E-state index in [4.69, 9.17) is 9.26 Å². The normalized spacial score (nSPS) is 15.3. The molecule has 0 atom stereocenters. The molecule has 1 aliphatic rings. The van der Waals surface area contributed by atoms with Crippen molar-refractivity contribution < 1.29 is 17.7 Å². The Morgan fingerprint density at radius 3 is 2.28 bits per heavy atom. The molecule has 0 bridgehead atoms. The summed E-state index contributed by atoms with van der Waals surface area (Å²) in [6.45, 7) is 6.05. The van der Waals surface area contributed by atoms with E-state index in [0.29, 0.717) is 26.2 Å². The van der Waals surface area contributed by atoms with Gasteiger partial charge in [0.1, 0.15) is 22.8 Å². The number of piperazine rings is 1. The molecular formula is C21H24N4O6S. The molecule has 1 fully saturated rings. The molecule has 2 heterocycles. The van der Waals surface area contributed by atoms with Gasteiger partial charge in [0.15, 0.2) is 10.7 Å². The predicted octanol–water partition coefficient (Wildman–Crippen LogP) is 1.02. The van der Waals surface area contributed by atoms with E-state index in [1.165, 1.54) is 13.8 Å². The number of benzene rings is 1. The van der Waals surface area contributed by atoms with Gasteiger partial charge in [-0.15, -0.1) is 0 Å². The van der Waals surface area contributed by atoms with Gasteiger partial charge in [0, 0.05) is 32.7 Å². The molecule has 170 valence electrons. The van der Waals surface area contributed by atoms with Crippen molar-refractivity contribution in [3.05, 3.63) is 61.7 Å². The van der Waals surface area contributed by atoms with Crippen molar-refractivity contribution in [3.8, 4) is 5.75 Å². The number of anilines is 2. The summed E-state index contributed by atoms with van der Waals surface area (Å²) in [5.74, 6) is 0.910. The molecule has 0 spiro atoms. The van der Waals surface area contributed by atoms with Gasteiger partial charge in [0.2, 0.25) is 0 Å². The van der Waals surface area contributed by atoms with Crippen molar-refractivity contribution in [1.29, 1.82) is 0 Å². The van der Waals surface area contributed by atoms with Gasteiger partial charge in [0.25, 0.3) is 20.9 Å². The SMILES string of the molecule is COc1ccc(CN2CCN(c3c(NS(=O)(=O)c4c(C)noc4C)c(=O)c3=O)CC2)cc1. The maximum Gasteiger partial charge on any atom is 0.267 e. The molecule has 1 aromatic heterocycles. The van der Waals surface area contributed by atoms with Gasteiger partial charge in [0.05, 0.1) is 7.11 Å². The van der Waals surface area contributed by atoms with Gasteiger partial charge < -0.3 is 14.2 Å². The minimum absolute atomic E-state index is 0.113. The number of hydrogen-bond donors (Lipinski definition) is 1. The lowest BCUT2D eigenvalue weighted by atomic mass is 10.1. The summed E-state index contributed by atoms with van der Waals surface area (Å²) in [4.78, 5) is 28.3. The number of ether oxygens (including phenoxy) is 1. The summed E-state index contributed by atoms with van der Waals surface area (Å²) < 4.78 is 37.9. The zero-order chi connectivity index (χ0) is 23.0. The fourth-order valence-electron chi connectivity index (χ4n) is 3.94. The van der Waals surface area contributed by atoms with Crippen LogP contribution in [0.1, 0.15) is 17.0 Å². The van der Waals surface area contributed by atoms with Crippen LogP contribution in [0.5, 0.6) is 5.75 Å². The molecule has 0 saturated carbocycles. The van der Waals surface area contributed by atoms with Crippen molar-refractivity contribution in [2.45, 2.75) is 25.3 Å². The monoisotopic (exact) mass is 460 g/mol. The summed E-state index contributed by atoms with van der Waals surface area (Å²) in [5.41, 5.74) is -0.266. The maximum atomic E-state index is 12.8. The topological polar surface area (TPSA) is 122 Å². The Kier molecular flexibility index (Phi) is 5.78. The lowest BCUT2D eigenvalue weighted by Gasteiger charge is -2.37. The Hall–Kier alpha value is -3.18. The molecular weight excluding hydrogens is 436 g/mol. The van der Waals surface area contributed by atoms with Crippen molar-refractivity contribution in [2.24, 2.45) is 0 Å². The summed E-state index contributed by atoms with van der Waals surface area (Å²) in [6.07, 6.45) is 0. The van der Waals surface area contributed by atoms with Gasteiger partial charge in [-0.3, -0.25) is 19.2 Å². The predicted molar refractivity (Wildman–Crippen MR) is 119 cm³/mol. The van der Waals surface area contributed by atoms with E-state index in [0.717, 1.165) is 17.9 Å². The molecule has 10 nitrogen and oxygen atoms in total. The molecule has 0 radical (unpaired) electrons. The first kappa shape index (κ1) is 22.0. The summed E-state index contributed by atoms with van der Waals surface area (Å²) >= 11 is 0. The molecule has 1 N–H and O–H groups in total. The molecule has 1 saturated heterocycles. The molecule has 4 rings (SSSR count). The van der Waals surface area contributed by atoms with Gasteiger partial charge in [-0.2, -0.15) is 0 Å². The molecule has 2 aromatic carbocycles. The fourth-order valence-corrected chi connectivity index (χ4v) is 5.34. The van der Waals surface area contributed by atoms with E-state index >= 15 is 0 Å². The van der Waals surface area contributed by atoms with E-state index < -0.39 is 20.9 Å². The molecule has 0 amide bonds. The minimum Gasteiger partial charge on any atom is -0.497 e. The summed E-state index contributed by atoms with van der Waals surface area (Å²) in [6, 6.07) is 7.83. The average Bonchev–Trinajstić information content (AvgIpc) is 3.13. The number of hydrogen-bond acceptors (Lipinski definition) is 9. The van der Waals surface area contributed by atoms with Crippen molar-refractivity contribution in [2.75, 3.05) is 42.9 Å². The van der Waals surface area contributed by atoms with E-state index in [9.17, 15) is 18.0 Å². The number of methoxy groups -OCH3 is 1. The molecule has 11 heteroatoms. The number of nitrogens with one attached hydrogen (secondary N) is 1.